The van der Waals surface area contributed by atoms with Crippen molar-refractivity contribution in [3.05, 3.63) is 35.4 Å². The number of hydrogen-bond acceptors (Lipinski definition) is 1. The summed E-state index contributed by atoms with van der Waals surface area (Å²) in [5.74, 6) is 0.522. The van der Waals surface area contributed by atoms with Crippen LogP contribution in [0.5, 0.6) is 0 Å². The average Bonchev–Trinajstić information content (AvgIpc) is 2.32. The fourth-order valence-corrected chi connectivity index (χ4v) is 2.95. The molecule has 1 nitrogen and oxygen atoms in total. The lowest BCUT2D eigenvalue weighted by Crippen LogP contribution is -2.24. The third-order valence-electron chi connectivity index (χ3n) is 4.34. The van der Waals surface area contributed by atoms with Crippen molar-refractivity contribution in [3.8, 4) is 0 Å². The van der Waals surface area contributed by atoms with Crippen molar-refractivity contribution in [2.75, 3.05) is 0 Å². The van der Waals surface area contributed by atoms with Gasteiger partial charge < -0.3 is 5.11 Å². The molecule has 0 heterocycles. The summed E-state index contributed by atoms with van der Waals surface area (Å²) < 4.78 is 0. The predicted octanol–water partition coefficient (Wildman–Crippen LogP) is 6.33. The first-order chi connectivity index (χ1) is 9.72. The Bertz CT molecular complexity index is 463. The summed E-state index contributed by atoms with van der Waals surface area (Å²) in [5, 5.41) is 10.4. The van der Waals surface area contributed by atoms with Crippen molar-refractivity contribution in [2.24, 2.45) is 16.2 Å². The van der Waals surface area contributed by atoms with Crippen molar-refractivity contribution < 1.29 is 5.11 Å². The first-order valence-corrected chi connectivity index (χ1v) is 8.50. The molecule has 0 bridgehead atoms. The van der Waals surface area contributed by atoms with Gasteiger partial charge in [0.15, 0.2) is 0 Å². The number of hydrogen-bond donors (Lipinski definition) is 1. The summed E-state index contributed by atoms with van der Waals surface area (Å²) in [5.41, 5.74) is 2.81. The van der Waals surface area contributed by atoms with Crippen molar-refractivity contribution in [2.45, 2.75) is 80.8 Å². The topological polar surface area (TPSA) is 20.2 Å². The van der Waals surface area contributed by atoms with E-state index >= 15 is 0 Å². The maximum absolute atomic E-state index is 10.4. The van der Waals surface area contributed by atoms with Gasteiger partial charge in [0.1, 0.15) is 0 Å². The summed E-state index contributed by atoms with van der Waals surface area (Å²) >= 11 is 0. The number of rotatable bonds is 3. The largest absolute Gasteiger partial charge is 0.388 e. The van der Waals surface area contributed by atoms with E-state index in [1.54, 1.807) is 0 Å². The van der Waals surface area contributed by atoms with Gasteiger partial charge in [-0.05, 0) is 39.7 Å². The van der Waals surface area contributed by atoms with E-state index in [9.17, 15) is 5.11 Å². The molecule has 1 aromatic rings. The smallest absolute Gasteiger partial charge is 0.0838 e. The Morgan fingerprint density at radius 1 is 0.727 bits per heavy atom. The van der Waals surface area contributed by atoms with Gasteiger partial charge in [0.05, 0.1) is 6.10 Å². The van der Waals surface area contributed by atoms with Crippen LogP contribution >= 0.6 is 0 Å². The van der Waals surface area contributed by atoms with E-state index in [0.717, 1.165) is 12.0 Å². The zero-order valence-corrected chi connectivity index (χ0v) is 16.1. The van der Waals surface area contributed by atoms with Gasteiger partial charge in [-0.25, -0.2) is 0 Å². The molecular formula is C21H36O. The number of benzene rings is 1. The lowest BCUT2D eigenvalue weighted by molar-refractivity contribution is 0.0626. The molecule has 0 aliphatic heterocycles. The zero-order valence-electron chi connectivity index (χ0n) is 16.1. The fourth-order valence-electron chi connectivity index (χ4n) is 2.95. The molecule has 1 N–H and O–H groups in total. The summed E-state index contributed by atoms with van der Waals surface area (Å²) in [7, 11) is 0. The second-order valence-corrected chi connectivity index (χ2v) is 10.1. The van der Waals surface area contributed by atoms with Crippen LogP contribution in [-0.4, -0.2) is 5.11 Å². The lowest BCUT2D eigenvalue weighted by Gasteiger charge is -2.36. The molecule has 0 spiro atoms. The minimum atomic E-state index is -0.419. The maximum atomic E-state index is 10.4. The molecule has 126 valence electrons. The lowest BCUT2D eigenvalue weighted by atomic mass is 9.69. The maximum Gasteiger partial charge on any atom is 0.0838 e. The minimum absolute atomic E-state index is 0.129. The Kier molecular flexibility index (Phi) is 5.55. The summed E-state index contributed by atoms with van der Waals surface area (Å²) in [6.45, 7) is 20.1. The van der Waals surface area contributed by atoms with Gasteiger partial charge in [0, 0.05) is 0 Å². The standard InChI is InChI=1S/C21H36O/c1-19(2,3)14-17(20(4,5)6)15-10-12-16(13-11-15)18(22)21(7,8)9/h10-13,17-18,22H,14H2,1-9H3. The van der Waals surface area contributed by atoms with E-state index in [4.69, 9.17) is 0 Å². The van der Waals surface area contributed by atoms with Gasteiger partial charge in [-0.15, -0.1) is 0 Å². The van der Waals surface area contributed by atoms with E-state index in [1.165, 1.54) is 5.56 Å². The third kappa shape index (κ3) is 5.43. The van der Waals surface area contributed by atoms with E-state index in [1.807, 2.05) is 0 Å². The fraction of sp³-hybridized carbons (Fsp3) is 0.714. The Morgan fingerprint density at radius 2 is 1.14 bits per heavy atom. The first-order valence-electron chi connectivity index (χ1n) is 8.50. The van der Waals surface area contributed by atoms with Crippen molar-refractivity contribution >= 4 is 0 Å². The normalized spacial score (nSPS) is 16.5. The molecule has 0 aliphatic carbocycles. The van der Waals surface area contributed by atoms with Crippen LogP contribution in [0.15, 0.2) is 24.3 Å². The number of aliphatic hydroxyl groups is 1. The second kappa shape index (κ2) is 6.35. The van der Waals surface area contributed by atoms with Gasteiger partial charge in [-0.1, -0.05) is 86.6 Å². The Labute approximate surface area is 138 Å². The highest BCUT2D eigenvalue weighted by molar-refractivity contribution is 5.28. The Hall–Kier alpha value is -0.820. The van der Waals surface area contributed by atoms with Gasteiger partial charge in [-0.2, -0.15) is 0 Å². The van der Waals surface area contributed by atoms with Crippen LogP contribution in [0.25, 0.3) is 0 Å². The van der Waals surface area contributed by atoms with Crippen LogP contribution in [0.1, 0.15) is 91.9 Å². The highest BCUT2D eigenvalue weighted by Crippen LogP contribution is 2.43. The molecule has 0 saturated heterocycles. The van der Waals surface area contributed by atoms with Crippen LogP contribution in [0, 0.1) is 16.2 Å². The van der Waals surface area contributed by atoms with Crippen molar-refractivity contribution in [1.29, 1.82) is 0 Å². The highest BCUT2D eigenvalue weighted by Gasteiger charge is 2.31. The molecule has 2 unspecified atom stereocenters. The molecule has 0 aromatic heterocycles. The highest BCUT2D eigenvalue weighted by atomic mass is 16.3. The van der Waals surface area contributed by atoms with Crippen LogP contribution < -0.4 is 0 Å². The van der Waals surface area contributed by atoms with E-state index < -0.39 is 6.10 Å². The molecular weight excluding hydrogens is 268 g/mol. The average molecular weight is 305 g/mol. The van der Waals surface area contributed by atoms with E-state index in [2.05, 4.69) is 86.6 Å². The van der Waals surface area contributed by atoms with Gasteiger partial charge >= 0.3 is 0 Å². The Balaban J connectivity index is 3.09. The first kappa shape index (κ1) is 19.2. The van der Waals surface area contributed by atoms with Gasteiger partial charge in [0.2, 0.25) is 0 Å². The van der Waals surface area contributed by atoms with Gasteiger partial charge in [-0.3, -0.25) is 0 Å². The molecule has 0 fully saturated rings. The second-order valence-electron chi connectivity index (χ2n) is 10.1. The third-order valence-corrected chi connectivity index (χ3v) is 4.34. The summed E-state index contributed by atoms with van der Waals surface area (Å²) in [6.07, 6.45) is 0.745. The quantitative estimate of drug-likeness (QED) is 0.691. The van der Waals surface area contributed by atoms with Crippen LogP contribution in [0.3, 0.4) is 0 Å². The van der Waals surface area contributed by atoms with Gasteiger partial charge in [0.25, 0.3) is 0 Å². The molecule has 2 atom stereocenters. The van der Waals surface area contributed by atoms with Crippen LogP contribution in [0.4, 0.5) is 0 Å². The van der Waals surface area contributed by atoms with E-state index in [-0.39, 0.29) is 10.8 Å². The summed E-state index contributed by atoms with van der Waals surface area (Å²) in [4.78, 5) is 0. The predicted molar refractivity (Wildman–Crippen MR) is 97.1 cm³/mol. The summed E-state index contributed by atoms with van der Waals surface area (Å²) in [6, 6.07) is 8.64. The number of aliphatic hydroxyl groups excluding tert-OH is 1. The molecule has 0 aliphatic rings. The molecule has 22 heavy (non-hydrogen) atoms. The van der Waals surface area contributed by atoms with Crippen molar-refractivity contribution in [1.82, 2.24) is 0 Å². The van der Waals surface area contributed by atoms with Crippen molar-refractivity contribution in [3.63, 3.8) is 0 Å². The van der Waals surface area contributed by atoms with Crippen LogP contribution in [-0.2, 0) is 0 Å². The molecule has 1 aromatic carbocycles. The van der Waals surface area contributed by atoms with Crippen LogP contribution in [0.2, 0.25) is 0 Å². The monoisotopic (exact) mass is 304 g/mol. The molecule has 1 heteroatoms. The molecule has 1 rings (SSSR count). The van der Waals surface area contributed by atoms with E-state index in [0.29, 0.717) is 11.3 Å². The molecule has 0 amide bonds. The molecule has 0 saturated carbocycles. The minimum Gasteiger partial charge on any atom is -0.388 e. The molecule has 0 radical (unpaired) electrons. The SMILES string of the molecule is CC(C)(C)CC(c1ccc(C(O)C(C)(C)C)cc1)C(C)(C)C. The Morgan fingerprint density at radius 3 is 1.45 bits per heavy atom. The zero-order chi connectivity index (χ0) is 17.3.